The van der Waals surface area contributed by atoms with Crippen molar-refractivity contribution in [3.8, 4) is 11.1 Å². The standard InChI is InChI=1S/C16H21N3/c17-16-8-4-7-14(16)9-10-19-12-15(11-18-19)13-5-2-1-3-6-13/h1-3,5-6,11-12,14,16H,4,7-10,17H2. The fourth-order valence-corrected chi connectivity index (χ4v) is 2.99. The van der Waals surface area contributed by atoms with E-state index in [1.165, 1.54) is 30.4 Å². The predicted octanol–water partition coefficient (Wildman–Crippen LogP) is 3.07. The third-order valence-electron chi connectivity index (χ3n) is 4.19. The lowest BCUT2D eigenvalue weighted by atomic mass is 10.0. The molecule has 1 heterocycles. The molecular weight excluding hydrogens is 234 g/mol. The fraction of sp³-hybridized carbons (Fsp3) is 0.438. The Morgan fingerprint density at radius 2 is 2.00 bits per heavy atom. The van der Waals surface area contributed by atoms with Crippen LogP contribution < -0.4 is 5.73 Å². The largest absolute Gasteiger partial charge is 0.327 e. The number of benzene rings is 1. The minimum atomic E-state index is 0.407. The van der Waals surface area contributed by atoms with Gasteiger partial charge in [-0.25, -0.2) is 0 Å². The molecule has 3 heteroatoms. The van der Waals surface area contributed by atoms with Crippen molar-refractivity contribution in [3.05, 3.63) is 42.7 Å². The van der Waals surface area contributed by atoms with Gasteiger partial charge in [-0.2, -0.15) is 5.10 Å². The fourth-order valence-electron chi connectivity index (χ4n) is 2.99. The van der Waals surface area contributed by atoms with Gasteiger partial charge in [-0.05, 0) is 30.7 Å². The quantitative estimate of drug-likeness (QED) is 0.912. The number of hydrogen-bond acceptors (Lipinski definition) is 2. The van der Waals surface area contributed by atoms with Crippen LogP contribution in [0.5, 0.6) is 0 Å². The Labute approximate surface area is 114 Å². The molecule has 0 saturated heterocycles. The van der Waals surface area contributed by atoms with Crippen LogP contribution in [0.15, 0.2) is 42.7 Å². The Hall–Kier alpha value is -1.61. The highest BCUT2D eigenvalue weighted by Gasteiger charge is 2.23. The molecule has 1 aliphatic carbocycles. The van der Waals surface area contributed by atoms with Gasteiger partial charge in [-0.3, -0.25) is 4.68 Å². The van der Waals surface area contributed by atoms with Gasteiger partial charge in [0.2, 0.25) is 0 Å². The van der Waals surface area contributed by atoms with Gasteiger partial charge < -0.3 is 5.73 Å². The molecule has 1 fully saturated rings. The Kier molecular flexibility index (Phi) is 3.65. The predicted molar refractivity (Wildman–Crippen MR) is 77.6 cm³/mol. The molecule has 0 amide bonds. The summed E-state index contributed by atoms with van der Waals surface area (Å²) in [5.41, 5.74) is 8.53. The first kappa shape index (κ1) is 12.4. The molecule has 2 atom stereocenters. The number of hydrogen-bond donors (Lipinski definition) is 1. The Morgan fingerprint density at radius 1 is 1.16 bits per heavy atom. The normalized spacial score (nSPS) is 22.8. The summed E-state index contributed by atoms with van der Waals surface area (Å²) in [6.45, 7) is 0.977. The van der Waals surface area contributed by atoms with E-state index in [0.29, 0.717) is 12.0 Å². The number of nitrogens with two attached hydrogens (primary N) is 1. The summed E-state index contributed by atoms with van der Waals surface area (Å²) in [4.78, 5) is 0. The molecule has 2 N–H and O–H groups in total. The van der Waals surface area contributed by atoms with Gasteiger partial charge >= 0.3 is 0 Å². The van der Waals surface area contributed by atoms with Crippen LogP contribution in [0, 0.1) is 5.92 Å². The maximum absolute atomic E-state index is 6.11. The summed E-state index contributed by atoms with van der Waals surface area (Å²) < 4.78 is 2.05. The zero-order valence-corrected chi connectivity index (χ0v) is 11.2. The molecule has 0 bridgehead atoms. The van der Waals surface area contributed by atoms with E-state index < -0.39 is 0 Å². The molecule has 2 unspecified atom stereocenters. The van der Waals surface area contributed by atoms with Gasteiger partial charge in [0.15, 0.2) is 0 Å². The Balaban J connectivity index is 1.62. The van der Waals surface area contributed by atoms with Gasteiger partial charge in [-0.15, -0.1) is 0 Å². The number of aryl methyl sites for hydroxylation is 1. The van der Waals surface area contributed by atoms with Crippen molar-refractivity contribution in [3.63, 3.8) is 0 Å². The molecule has 0 spiro atoms. The molecule has 100 valence electrons. The van der Waals surface area contributed by atoms with Crippen molar-refractivity contribution < 1.29 is 0 Å². The Bertz CT molecular complexity index is 518. The molecular formula is C16H21N3. The van der Waals surface area contributed by atoms with Crippen LogP contribution in [-0.2, 0) is 6.54 Å². The summed E-state index contributed by atoms with van der Waals surface area (Å²) in [5.74, 6) is 0.685. The van der Waals surface area contributed by atoms with Crippen molar-refractivity contribution in [1.82, 2.24) is 9.78 Å². The molecule has 3 nitrogen and oxygen atoms in total. The van der Waals surface area contributed by atoms with Crippen molar-refractivity contribution in [2.45, 2.75) is 38.3 Å². The number of rotatable bonds is 4. The van der Waals surface area contributed by atoms with E-state index in [9.17, 15) is 0 Å². The highest BCUT2D eigenvalue weighted by molar-refractivity contribution is 5.61. The van der Waals surface area contributed by atoms with E-state index >= 15 is 0 Å². The molecule has 0 aliphatic heterocycles. The smallest absolute Gasteiger partial charge is 0.0568 e. The summed E-state index contributed by atoms with van der Waals surface area (Å²) in [5, 5.41) is 4.45. The monoisotopic (exact) mass is 255 g/mol. The molecule has 2 aromatic rings. The van der Waals surface area contributed by atoms with E-state index in [2.05, 4.69) is 35.6 Å². The van der Waals surface area contributed by atoms with Gasteiger partial charge in [0.1, 0.15) is 0 Å². The van der Waals surface area contributed by atoms with Crippen LogP contribution in [-0.4, -0.2) is 15.8 Å². The van der Waals surface area contributed by atoms with Gasteiger partial charge in [0.25, 0.3) is 0 Å². The molecule has 1 saturated carbocycles. The topological polar surface area (TPSA) is 43.8 Å². The SMILES string of the molecule is NC1CCCC1CCn1cc(-c2ccccc2)cn1. The average Bonchev–Trinajstić information content (AvgIpc) is 3.06. The summed E-state index contributed by atoms with van der Waals surface area (Å²) in [6.07, 6.45) is 9.00. The molecule has 0 radical (unpaired) electrons. The van der Waals surface area contributed by atoms with E-state index in [4.69, 9.17) is 5.73 Å². The first-order valence-corrected chi connectivity index (χ1v) is 7.16. The minimum absolute atomic E-state index is 0.407. The van der Waals surface area contributed by atoms with Crippen molar-refractivity contribution in [2.24, 2.45) is 11.7 Å². The summed E-state index contributed by atoms with van der Waals surface area (Å²) in [6, 6.07) is 10.8. The van der Waals surface area contributed by atoms with E-state index in [-0.39, 0.29) is 0 Å². The van der Waals surface area contributed by atoms with Crippen molar-refractivity contribution in [2.75, 3.05) is 0 Å². The second-order valence-corrected chi connectivity index (χ2v) is 5.50. The highest BCUT2D eigenvalue weighted by atomic mass is 15.3. The number of aromatic nitrogens is 2. The molecule has 1 aromatic heterocycles. The van der Waals surface area contributed by atoms with Crippen LogP contribution in [0.3, 0.4) is 0 Å². The number of nitrogens with zero attached hydrogens (tertiary/aromatic N) is 2. The van der Waals surface area contributed by atoms with E-state index in [1.807, 2.05) is 16.9 Å². The lowest BCUT2D eigenvalue weighted by Crippen LogP contribution is -2.25. The summed E-state index contributed by atoms with van der Waals surface area (Å²) >= 11 is 0. The van der Waals surface area contributed by atoms with Gasteiger partial charge in [0.05, 0.1) is 6.20 Å². The first-order chi connectivity index (χ1) is 9.33. The van der Waals surface area contributed by atoms with E-state index in [0.717, 1.165) is 13.0 Å². The van der Waals surface area contributed by atoms with Crippen molar-refractivity contribution in [1.29, 1.82) is 0 Å². The third kappa shape index (κ3) is 2.87. The maximum atomic E-state index is 6.11. The maximum Gasteiger partial charge on any atom is 0.0568 e. The van der Waals surface area contributed by atoms with Crippen molar-refractivity contribution >= 4 is 0 Å². The summed E-state index contributed by atoms with van der Waals surface area (Å²) in [7, 11) is 0. The third-order valence-corrected chi connectivity index (χ3v) is 4.19. The van der Waals surface area contributed by atoms with Crippen LogP contribution in [0.2, 0.25) is 0 Å². The highest BCUT2D eigenvalue weighted by Crippen LogP contribution is 2.27. The lowest BCUT2D eigenvalue weighted by molar-refractivity contribution is 0.403. The van der Waals surface area contributed by atoms with E-state index in [1.54, 1.807) is 0 Å². The Morgan fingerprint density at radius 3 is 2.74 bits per heavy atom. The minimum Gasteiger partial charge on any atom is -0.327 e. The average molecular weight is 255 g/mol. The molecule has 19 heavy (non-hydrogen) atoms. The van der Waals surface area contributed by atoms with Crippen LogP contribution in [0.4, 0.5) is 0 Å². The van der Waals surface area contributed by atoms with Gasteiger partial charge in [-0.1, -0.05) is 36.8 Å². The molecule has 3 rings (SSSR count). The second-order valence-electron chi connectivity index (χ2n) is 5.50. The lowest BCUT2D eigenvalue weighted by Gasteiger charge is -2.14. The molecule has 1 aromatic carbocycles. The zero-order chi connectivity index (χ0) is 13.1. The van der Waals surface area contributed by atoms with Crippen LogP contribution >= 0.6 is 0 Å². The first-order valence-electron chi connectivity index (χ1n) is 7.16. The van der Waals surface area contributed by atoms with Crippen LogP contribution in [0.25, 0.3) is 11.1 Å². The molecule has 1 aliphatic rings. The zero-order valence-electron chi connectivity index (χ0n) is 11.2. The van der Waals surface area contributed by atoms with Crippen LogP contribution in [0.1, 0.15) is 25.7 Å². The second kappa shape index (κ2) is 5.57. The van der Waals surface area contributed by atoms with Gasteiger partial charge in [0, 0.05) is 24.3 Å².